The Balaban J connectivity index is 4.98. The summed E-state index contributed by atoms with van der Waals surface area (Å²) in [5.74, 6) is 2.45. The Labute approximate surface area is 81.7 Å². The van der Waals surface area contributed by atoms with Crippen molar-refractivity contribution < 1.29 is 0 Å². The summed E-state index contributed by atoms with van der Waals surface area (Å²) in [4.78, 5) is 0. The summed E-state index contributed by atoms with van der Waals surface area (Å²) in [5.41, 5.74) is 7.75. The van der Waals surface area contributed by atoms with Crippen LogP contribution in [0.3, 0.4) is 0 Å². The van der Waals surface area contributed by atoms with E-state index >= 15 is 0 Å². The van der Waals surface area contributed by atoms with Crippen molar-refractivity contribution in [1.82, 2.24) is 0 Å². The van der Waals surface area contributed by atoms with Crippen molar-refractivity contribution in [2.75, 3.05) is 0 Å². The Morgan fingerprint density at radius 1 is 1.46 bits per heavy atom. The Morgan fingerprint density at radius 2 is 2.00 bits per heavy atom. The van der Waals surface area contributed by atoms with Crippen molar-refractivity contribution in [3.05, 3.63) is 23.4 Å². The van der Waals surface area contributed by atoms with Crippen LogP contribution in [0.2, 0.25) is 0 Å². The van der Waals surface area contributed by atoms with Crippen molar-refractivity contribution in [2.24, 2.45) is 11.1 Å². The van der Waals surface area contributed by atoms with Crippen LogP contribution in [-0.4, -0.2) is 0 Å². The molecule has 0 radical (unpaired) electrons. The average Bonchev–Trinajstić information content (AvgIpc) is 1.98. The van der Waals surface area contributed by atoms with Crippen molar-refractivity contribution in [3.63, 3.8) is 0 Å². The van der Waals surface area contributed by atoms with E-state index in [0.29, 0.717) is 5.70 Å². The third-order valence-electron chi connectivity index (χ3n) is 1.77. The van der Waals surface area contributed by atoms with Crippen LogP contribution >= 0.6 is 0 Å². The van der Waals surface area contributed by atoms with Gasteiger partial charge < -0.3 is 5.73 Å². The molecule has 0 aromatic rings. The van der Waals surface area contributed by atoms with Crippen LogP contribution in [0.1, 0.15) is 34.1 Å². The maximum atomic E-state index is 5.85. The molecule has 0 saturated carbocycles. The van der Waals surface area contributed by atoms with Gasteiger partial charge in [0.1, 0.15) is 0 Å². The number of terminal acetylenes is 1. The van der Waals surface area contributed by atoms with Gasteiger partial charge in [0.2, 0.25) is 0 Å². The zero-order chi connectivity index (χ0) is 10.5. The molecule has 0 aromatic carbocycles. The molecule has 72 valence electrons. The number of rotatable bonds is 2. The quantitative estimate of drug-likeness (QED) is 0.509. The lowest BCUT2D eigenvalue weighted by Gasteiger charge is -2.23. The molecular weight excluding hydrogens is 158 g/mol. The van der Waals surface area contributed by atoms with Crippen LogP contribution in [0, 0.1) is 17.8 Å². The van der Waals surface area contributed by atoms with E-state index < -0.39 is 0 Å². The van der Waals surface area contributed by atoms with Crippen molar-refractivity contribution in [1.29, 1.82) is 0 Å². The highest BCUT2D eigenvalue weighted by atomic mass is 14.6. The SMILES string of the molecule is C#C/C=C(N)\C(=C/CC)C(C)(C)C. The van der Waals surface area contributed by atoms with Gasteiger partial charge in [-0.2, -0.15) is 0 Å². The van der Waals surface area contributed by atoms with E-state index in [0.717, 1.165) is 12.0 Å². The summed E-state index contributed by atoms with van der Waals surface area (Å²) < 4.78 is 0. The van der Waals surface area contributed by atoms with E-state index in [-0.39, 0.29) is 5.41 Å². The number of hydrogen-bond donors (Lipinski definition) is 1. The second-order valence-corrected chi connectivity index (χ2v) is 4.04. The largest absolute Gasteiger partial charge is 0.398 e. The molecular formula is C12H19N. The highest BCUT2D eigenvalue weighted by Crippen LogP contribution is 2.29. The molecule has 0 aliphatic carbocycles. The maximum absolute atomic E-state index is 5.85. The minimum atomic E-state index is 0.0629. The lowest BCUT2D eigenvalue weighted by molar-refractivity contribution is 0.507. The van der Waals surface area contributed by atoms with Gasteiger partial charge in [0.15, 0.2) is 0 Å². The van der Waals surface area contributed by atoms with Crippen LogP contribution in [0.25, 0.3) is 0 Å². The zero-order valence-electron chi connectivity index (χ0n) is 9.02. The van der Waals surface area contributed by atoms with Crippen molar-refractivity contribution in [3.8, 4) is 12.3 Å². The molecule has 13 heavy (non-hydrogen) atoms. The number of nitrogens with two attached hydrogens (primary N) is 1. The Kier molecular flexibility index (Phi) is 4.34. The molecule has 0 saturated heterocycles. The second-order valence-electron chi connectivity index (χ2n) is 4.04. The molecule has 0 aliphatic heterocycles. The molecule has 1 heteroatoms. The van der Waals surface area contributed by atoms with E-state index in [9.17, 15) is 0 Å². The normalized spacial score (nSPS) is 14.1. The summed E-state index contributed by atoms with van der Waals surface area (Å²) in [6.07, 6.45) is 9.90. The van der Waals surface area contributed by atoms with Gasteiger partial charge in [0.25, 0.3) is 0 Å². The first-order chi connectivity index (χ1) is 5.93. The molecule has 0 heterocycles. The third kappa shape index (κ3) is 3.85. The molecule has 2 N–H and O–H groups in total. The maximum Gasteiger partial charge on any atom is 0.0433 e. The van der Waals surface area contributed by atoms with E-state index in [1.54, 1.807) is 6.08 Å². The van der Waals surface area contributed by atoms with Crippen LogP contribution in [-0.2, 0) is 0 Å². The molecule has 0 unspecified atom stereocenters. The van der Waals surface area contributed by atoms with Gasteiger partial charge in [0.05, 0.1) is 0 Å². The lowest BCUT2D eigenvalue weighted by Crippen LogP contribution is -2.16. The van der Waals surface area contributed by atoms with Gasteiger partial charge in [0, 0.05) is 11.8 Å². The predicted octanol–water partition coefficient (Wildman–Crippen LogP) is 2.84. The first-order valence-corrected chi connectivity index (χ1v) is 4.56. The van der Waals surface area contributed by atoms with Crippen LogP contribution in [0.15, 0.2) is 23.4 Å². The van der Waals surface area contributed by atoms with E-state index in [4.69, 9.17) is 12.2 Å². The zero-order valence-corrected chi connectivity index (χ0v) is 9.02. The van der Waals surface area contributed by atoms with Crippen LogP contribution in [0.4, 0.5) is 0 Å². The molecule has 0 rings (SSSR count). The van der Waals surface area contributed by atoms with Gasteiger partial charge in [-0.25, -0.2) is 0 Å². The van der Waals surface area contributed by atoms with E-state index in [2.05, 4.69) is 39.7 Å². The van der Waals surface area contributed by atoms with Gasteiger partial charge >= 0.3 is 0 Å². The molecule has 0 aromatic heterocycles. The van der Waals surface area contributed by atoms with Gasteiger partial charge in [-0.3, -0.25) is 0 Å². The molecule has 0 spiro atoms. The first kappa shape index (κ1) is 11.8. The third-order valence-corrected chi connectivity index (χ3v) is 1.77. The number of allylic oxidation sites excluding steroid dienone is 3. The summed E-state index contributed by atoms with van der Waals surface area (Å²) in [5, 5.41) is 0. The average molecular weight is 177 g/mol. The summed E-state index contributed by atoms with van der Waals surface area (Å²) in [6.45, 7) is 8.48. The van der Waals surface area contributed by atoms with Crippen molar-refractivity contribution >= 4 is 0 Å². The minimum absolute atomic E-state index is 0.0629. The van der Waals surface area contributed by atoms with Crippen molar-refractivity contribution in [2.45, 2.75) is 34.1 Å². The fourth-order valence-corrected chi connectivity index (χ4v) is 1.23. The van der Waals surface area contributed by atoms with Gasteiger partial charge in [-0.1, -0.05) is 39.7 Å². The molecule has 0 fully saturated rings. The Hall–Kier alpha value is -1.16. The number of hydrogen-bond acceptors (Lipinski definition) is 1. The van der Waals surface area contributed by atoms with Crippen LogP contribution < -0.4 is 5.73 Å². The monoisotopic (exact) mass is 177 g/mol. The molecule has 0 amide bonds. The van der Waals surface area contributed by atoms with Gasteiger partial charge in [-0.05, 0) is 17.4 Å². The van der Waals surface area contributed by atoms with E-state index in [1.165, 1.54) is 0 Å². The topological polar surface area (TPSA) is 26.0 Å². The summed E-state index contributed by atoms with van der Waals surface area (Å²) >= 11 is 0. The summed E-state index contributed by atoms with van der Waals surface area (Å²) in [7, 11) is 0. The Morgan fingerprint density at radius 3 is 2.31 bits per heavy atom. The smallest absolute Gasteiger partial charge is 0.0433 e. The highest BCUT2D eigenvalue weighted by molar-refractivity contribution is 5.36. The highest BCUT2D eigenvalue weighted by Gasteiger charge is 2.17. The predicted molar refractivity (Wildman–Crippen MR) is 58.9 cm³/mol. The molecule has 1 nitrogen and oxygen atoms in total. The van der Waals surface area contributed by atoms with E-state index in [1.807, 2.05) is 0 Å². The molecule has 0 aliphatic rings. The summed E-state index contributed by atoms with van der Waals surface area (Å²) in [6, 6.07) is 0. The lowest BCUT2D eigenvalue weighted by atomic mass is 9.84. The van der Waals surface area contributed by atoms with Gasteiger partial charge in [-0.15, -0.1) is 6.42 Å². The minimum Gasteiger partial charge on any atom is -0.398 e. The standard InChI is InChI=1S/C12H19N/c1-6-8-10(12(3,4)5)11(13)9-7-2/h2,8-9H,6,13H2,1,3-5H3/b10-8+,11-9+. The first-order valence-electron chi connectivity index (χ1n) is 4.56. The fraction of sp³-hybridized carbons (Fsp3) is 0.500. The Bertz CT molecular complexity index is 256. The molecule has 0 bridgehead atoms. The second kappa shape index (κ2) is 4.77. The molecule has 0 atom stereocenters. The van der Waals surface area contributed by atoms with Crippen LogP contribution in [0.5, 0.6) is 0 Å². The fourth-order valence-electron chi connectivity index (χ4n) is 1.23.